The third-order valence-corrected chi connectivity index (χ3v) is 1.50. The fourth-order valence-corrected chi connectivity index (χ4v) is 0.760. The highest BCUT2D eigenvalue weighted by Crippen LogP contribution is 1.80. The molecule has 0 aromatic rings. The van der Waals surface area contributed by atoms with E-state index in [-0.39, 0.29) is 18.4 Å². The van der Waals surface area contributed by atoms with Gasteiger partial charge >= 0.3 is 6.03 Å². The Balaban J connectivity index is 3.90. The average Bonchev–Trinajstić information content (AvgIpc) is 2.24. The molecule has 3 amide bonds. The van der Waals surface area contributed by atoms with Gasteiger partial charge in [0.25, 0.3) is 0 Å². The fraction of sp³-hybridized carbons (Fsp3) is 0.444. The summed E-state index contributed by atoms with van der Waals surface area (Å²) in [6.07, 6.45) is 4.64. The van der Waals surface area contributed by atoms with Crippen LogP contribution < -0.4 is 21.9 Å². The topological polar surface area (TPSA) is 109 Å². The van der Waals surface area contributed by atoms with E-state index < -0.39 is 6.03 Å². The minimum atomic E-state index is -0.535. The predicted octanol–water partition coefficient (Wildman–Crippen LogP) is -0.384. The summed E-state index contributed by atoms with van der Waals surface area (Å²) < 4.78 is 0. The largest absolute Gasteiger partial charge is 0.330 e. The lowest BCUT2D eigenvalue weighted by atomic mass is 10.4. The summed E-state index contributed by atoms with van der Waals surface area (Å²) in [4.78, 5) is 25.9. The first kappa shape index (κ1) is 14.1. The zero-order chi connectivity index (χ0) is 12.4. The molecule has 16 heavy (non-hydrogen) atoms. The van der Waals surface area contributed by atoms with Crippen LogP contribution >= 0.6 is 0 Å². The van der Waals surface area contributed by atoms with Gasteiger partial charge in [-0.2, -0.15) is 0 Å². The molecule has 7 nitrogen and oxygen atoms in total. The minimum Gasteiger partial charge on any atom is -0.330 e. The number of aliphatic imine (C=N–C) groups is 1. The number of rotatable bonds is 5. The number of nitrogens with zero attached hydrogens (tertiary/aromatic N) is 1. The summed E-state index contributed by atoms with van der Waals surface area (Å²) in [5.41, 5.74) is 2.28. The van der Waals surface area contributed by atoms with E-state index in [0.717, 1.165) is 0 Å². The molecule has 0 aromatic carbocycles. The van der Waals surface area contributed by atoms with E-state index in [9.17, 15) is 9.59 Å². The number of nitrogens with two attached hydrogens (primary N) is 1. The zero-order valence-electron chi connectivity index (χ0n) is 9.36. The van der Waals surface area contributed by atoms with Crippen LogP contribution in [0.4, 0.5) is 4.79 Å². The SMILES string of the molecule is CCC(=O)NC(=O)NC(C)C=N/C=C\NN. The Labute approximate surface area is 94.1 Å². The highest BCUT2D eigenvalue weighted by atomic mass is 16.2. The fourth-order valence-electron chi connectivity index (χ4n) is 0.760. The molecule has 1 unspecified atom stereocenters. The van der Waals surface area contributed by atoms with Crippen molar-refractivity contribution in [3.63, 3.8) is 0 Å². The van der Waals surface area contributed by atoms with E-state index in [1.54, 1.807) is 13.8 Å². The zero-order valence-corrected chi connectivity index (χ0v) is 9.36. The number of carbonyl (C=O) groups is 2. The van der Waals surface area contributed by atoms with Crippen LogP contribution in [0.15, 0.2) is 17.4 Å². The Morgan fingerprint density at radius 3 is 2.75 bits per heavy atom. The summed E-state index contributed by atoms with van der Waals surface area (Å²) >= 11 is 0. The van der Waals surface area contributed by atoms with Crippen LogP contribution in [-0.4, -0.2) is 24.2 Å². The van der Waals surface area contributed by atoms with Crippen molar-refractivity contribution in [1.29, 1.82) is 0 Å². The van der Waals surface area contributed by atoms with Crippen molar-refractivity contribution in [1.82, 2.24) is 16.1 Å². The van der Waals surface area contributed by atoms with Gasteiger partial charge in [0.05, 0.1) is 6.04 Å². The van der Waals surface area contributed by atoms with Crippen LogP contribution in [0.5, 0.6) is 0 Å². The summed E-state index contributed by atoms with van der Waals surface area (Å²) in [6.45, 7) is 3.39. The third kappa shape index (κ3) is 7.51. The molecular formula is C9H17N5O2. The number of hydrazine groups is 1. The molecule has 0 aromatic heterocycles. The maximum Gasteiger partial charge on any atom is 0.321 e. The number of urea groups is 1. The molecule has 0 rings (SSSR count). The first-order valence-electron chi connectivity index (χ1n) is 4.85. The first-order chi connectivity index (χ1) is 7.60. The van der Waals surface area contributed by atoms with E-state index in [2.05, 4.69) is 21.1 Å². The van der Waals surface area contributed by atoms with Crippen LogP contribution in [0.3, 0.4) is 0 Å². The van der Waals surface area contributed by atoms with Gasteiger partial charge in [0.15, 0.2) is 0 Å². The first-order valence-corrected chi connectivity index (χ1v) is 4.85. The van der Waals surface area contributed by atoms with Crippen LogP contribution in [0, 0.1) is 0 Å². The summed E-state index contributed by atoms with van der Waals surface area (Å²) in [5, 5.41) is 4.68. The maximum atomic E-state index is 11.2. The third-order valence-electron chi connectivity index (χ3n) is 1.50. The lowest BCUT2D eigenvalue weighted by Crippen LogP contribution is -2.43. The predicted molar refractivity (Wildman–Crippen MR) is 61.4 cm³/mol. The standard InChI is InChI=1S/C9H17N5O2/c1-3-8(15)14-9(16)13-7(2)6-11-4-5-12-10/h4-7,12H,3,10H2,1-2H3,(H2,13,14,15,16)/b5-4-,11-6?. The highest BCUT2D eigenvalue weighted by Gasteiger charge is 2.06. The molecule has 0 aliphatic heterocycles. The number of hydrogen-bond donors (Lipinski definition) is 4. The number of hydrogen-bond acceptors (Lipinski definition) is 5. The van der Waals surface area contributed by atoms with E-state index in [4.69, 9.17) is 5.84 Å². The lowest BCUT2D eigenvalue weighted by Gasteiger charge is -2.08. The van der Waals surface area contributed by atoms with Gasteiger partial charge < -0.3 is 10.7 Å². The number of amides is 3. The smallest absolute Gasteiger partial charge is 0.321 e. The van der Waals surface area contributed by atoms with E-state index >= 15 is 0 Å². The Hall–Kier alpha value is -1.89. The maximum absolute atomic E-state index is 11.2. The van der Waals surface area contributed by atoms with Gasteiger partial charge in [0, 0.05) is 25.0 Å². The Kier molecular flexibility index (Phi) is 7.43. The van der Waals surface area contributed by atoms with Crippen molar-refractivity contribution in [2.75, 3.05) is 0 Å². The normalized spacial score (nSPS) is 12.7. The molecule has 0 aliphatic carbocycles. The van der Waals surface area contributed by atoms with Gasteiger partial charge in [-0.15, -0.1) is 0 Å². The van der Waals surface area contributed by atoms with Crippen LogP contribution in [0.1, 0.15) is 20.3 Å². The van der Waals surface area contributed by atoms with Crippen molar-refractivity contribution >= 4 is 18.2 Å². The molecule has 1 atom stereocenters. The summed E-state index contributed by atoms with van der Waals surface area (Å²) in [7, 11) is 0. The van der Waals surface area contributed by atoms with Gasteiger partial charge in [0.2, 0.25) is 5.91 Å². The number of nitrogens with one attached hydrogen (secondary N) is 3. The molecule has 0 saturated carbocycles. The second-order valence-electron chi connectivity index (χ2n) is 2.94. The van der Waals surface area contributed by atoms with Gasteiger partial charge in [0.1, 0.15) is 0 Å². The van der Waals surface area contributed by atoms with Crippen molar-refractivity contribution in [3.8, 4) is 0 Å². The molecule has 90 valence electrons. The lowest BCUT2D eigenvalue weighted by molar-refractivity contribution is -0.119. The Morgan fingerprint density at radius 2 is 2.19 bits per heavy atom. The van der Waals surface area contributed by atoms with Crippen molar-refractivity contribution < 1.29 is 9.59 Å². The second kappa shape index (κ2) is 8.42. The highest BCUT2D eigenvalue weighted by molar-refractivity contribution is 5.95. The number of imide groups is 1. The van der Waals surface area contributed by atoms with Crippen LogP contribution in [0.2, 0.25) is 0 Å². The summed E-state index contributed by atoms with van der Waals surface area (Å²) in [6, 6.07) is -0.821. The van der Waals surface area contributed by atoms with Crippen LogP contribution in [0.25, 0.3) is 0 Å². The summed E-state index contributed by atoms with van der Waals surface area (Å²) in [5.74, 6) is 4.64. The van der Waals surface area contributed by atoms with Gasteiger partial charge in [-0.1, -0.05) is 6.92 Å². The quantitative estimate of drug-likeness (QED) is 0.291. The molecule has 0 spiro atoms. The van der Waals surface area contributed by atoms with Crippen molar-refractivity contribution in [2.24, 2.45) is 10.8 Å². The molecule has 5 N–H and O–H groups in total. The minimum absolute atomic E-state index is 0.265. The second-order valence-corrected chi connectivity index (χ2v) is 2.94. The average molecular weight is 227 g/mol. The molecule has 0 heterocycles. The van der Waals surface area contributed by atoms with Crippen molar-refractivity contribution in [2.45, 2.75) is 26.3 Å². The van der Waals surface area contributed by atoms with Crippen molar-refractivity contribution in [3.05, 3.63) is 12.4 Å². The Bertz CT molecular complexity index is 288. The van der Waals surface area contributed by atoms with Crippen LogP contribution in [-0.2, 0) is 4.79 Å². The molecule has 0 aliphatic rings. The molecular weight excluding hydrogens is 210 g/mol. The monoisotopic (exact) mass is 227 g/mol. The number of carbonyl (C=O) groups excluding carboxylic acids is 2. The van der Waals surface area contributed by atoms with Gasteiger partial charge in [-0.3, -0.25) is 20.9 Å². The molecule has 0 radical (unpaired) electrons. The molecule has 0 saturated heterocycles. The van der Waals surface area contributed by atoms with E-state index in [1.807, 2.05) is 0 Å². The molecule has 0 fully saturated rings. The Morgan fingerprint density at radius 1 is 1.50 bits per heavy atom. The van der Waals surface area contributed by atoms with E-state index in [0.29, 0.717) is 0 Å². The molecule has 7 heteroatoms. The van der Waals surface area contributed by atoms with Gasteiger partial charge in [-0.05, 0) is 6.92 Å². The molecule has 0 bridgehead atoms. The van der Waals surface area contributed by atoms with Gasteiger partial charge in [-0.25, -0.2) is 4.79 Å². The van der Waals surface area contributed by atoms with E-state index in [1.165, 1.54) is 18.6 Å².